The van der Waals surface area contributed by atoms with Crippen molar-refractivity contribution in [1.29, 1.82) is 0 Å². The molecule has 1 aromatic rings. The van der Waals surface area contributed by atoms with E-state index in [1.54, 1.807) is 29.4 Å². The molecule has 0 unspecified atom stereocenters. The minimum atomic E-state index is 0.0404. The van der Waals surface area contributed by atoms with Gasteiger partial charge in [-0.2, -0.15) is 0 Å². The monoisotopic (exact) mass is 224 g/mol. The second-order valence-corrected chi connectivity index (χ2v) is 4.19. The summed E-state index contributed by atoms with van der Waals surface area (Å²) < 4.78 is 0. The fourth-order valence-electron chi connectivity index (χ4n) is 1.06. The predicted octanol–water partition coefficient (Wildman–Crippen LogP) is 1.44. The highest BCUT2D eigenvalue weighted by Crippen LogP contribution is 2.10. The highest BCUT2D eigenvalue weighted by atomic mass is 32.1. The van der Waals surface area contributed by atoms with Crippen LogP contribution in [0.15, 0.2) is 23.6 Å². The number of hydrogen-bond acceptors (Lipinski definition) is 3. The molecular weight excluding hydrogens is 208 g/mol. The summed E-state index contributed by atoms with van der Waals surface area (Å²) >= 11 is 1.62. The van der Waals surface area contributed by atoms with E-state index in [9.17, 15) is 4.79 Å². The molecule has 0 radical (unpaired) electrons. The van der Waals surface area contributed by atoms with Crippen molar-refractivity contribution in [2.75, 3.05) is 27.2 Å². The molecule has 82 valence electrons. The van der Waals surface area contributed by atoms with E-state index in [1.165, 1.54) is 0 Å². The standard InChI is InChI=1S/C11H16N2OS/c1-12-7-8-13(2)11(14)6-5-10-4-3-9-15-10/h3-6,9,12H,7-8H2,1-2H3. The Kier molecular flexibility index (Phi) is 5.07. The van der Waals surface area contributed by atoms with Crippen molar-refractivity contribution in [3.63, 3.8) is 0 Å². The van der Waals surface area contributed by atoms with E-state index >= 15 is 0 Å². The van der Waals surface area contributed by atoms with Gasteiger partial charge in [0, 0.05) is 31.1 Å². The van der Waals surface area contributed by atoms with E-state index in [2.05, 4.69) is 5.32 Å². The smallest absolute Gasteiger partial charge is 0.246 e. The highest BCUT2D eigenvalue weighted by molar-refractivity contribution is 7.10. The first-order valence-corrected chi connectivity index (χ1v) is 5.73. The molecule has 1 aromatic heterocycles. The maximum absolute atomic E-state index is 11.6. The van der Waals surface area contributed by atoms with Gasteiger partial charge in [0.25, 0.3) is 0 Å². The Bertz CT molecular complexity index is 319. The molecule has 4 heteroatoms. The van der Waals surface area contributed by atoms with E-state index in [-0.39, 0.29) is 5.91 Å². The van der Waals surface area contributed by atoms with E-state index in [0.717, 1.165) is 18.0 Å². The molecule has 1 rings (SSSR count). The van der Waals surface area contributed by atoms with Gasteiger partial charge >= 0.3 is 0 Å². The summed E-state index contributed by atoms with van der Waals surface area (Å²) in [6, 6.07) is 3.96. The third-order valence-corrected chi connectivity index (χ3v) is 2.84. The lowest BCUT2D eigenvalue weighted by Gasteiger charge is -2.14. The number of nitrogens with zero attached hydrogens (tertiary/aromatic N) is 1. The Morgan fingerprint density at radius 1 is 1.67 bits per heavy atom. The largest absolute Gasteiger partial charge is 0.341 e. The second-order valence-electron chi connectivity index (χ2n) is 3.21. The van der Waals surface area contributed by atoms with Crippen LogP contribution in [0.3, 0.4) is 0 Å². The van der Waals surface area contributed by atoms with Gasteiger partial charge in [-0.15, -0.1) is 11.3 Å². The maximum atomic E-state index is 11.6. The highest BCUT2D eigenvalue weighted by Gasteiger charge is 2.02. The summed E-state index contributed by atoms with van der Waals surface area (Å²) in [6.45, 7) is 1.54. The molecule has 1 amide bonds. The number of carbonyl (C=O) groups is 1. The van der Waals surface area contributed by atoms with Crippen molar-refractivity contribution >= 4 is 23.3 Å². The van der Waals surface area contributed by atoms with Crippen molar-refractivity contribution in [2.24, 2.45) is 0 Å². The van der Waals surface area contributed by atoms with Crippen LogP contribution in [0.2, 0.25) is 0 Å². The molecule has 0 aromatic carbocycles. The molecular formula is C11H16N2OS. The fraction of sp³-hybridized carbons (Fsp3) is 0.364. The van der Waals surface area contributed by atoms with Crippen LogP contribution in [0.5, 0.6) is 0 Å². The molecule has 0 atom stereocenters. The van der Waals surface area contributed by atoms with Crippen LogP contribution in [0.4, 0.5) is 0 Å². The van der Waals surface area contributed by atoms with Crippen LogP contribution < -0.4 is 5.32 Å². The number of nitrogens with one attached hydrogen (secondary N) is 1. The summed E-state index contributed by atoms with van der Waals surface area (Å²) in [7, 11) is 3.68. The lowest BCUT2D eigenvalue weighted by atomic mass is 10.4. The normalized spacial score (nSPS) is 10.8. The summed E-state index contributed by atoms with van der Waals surface area (Å²) in [4.78, 5) is 14.4. The van der Waals surface area contributed by atoms with Gasteiger partial charge in [-0.1, -0.05) is 6.07 Å². The number of carbonyl (C=O) groups excluding carboxylic acids is 1. The van der Waals surface area contributed by atoms with Crippen LogP contribution in [-0.4, -0.2) is 38.0 Å². The fourth-order valence-corrected chi connectivity index (χ4v) is 1.67. The molecule has 0 aliphatic rings. The Labute approximate surface area is 94.4 Å². The Balaban J connectivity index is 2.41. The number of rotatable bonds is 5. The van der Waals surface area contributed by atoms with Gasteiger partial charge in [0.1, 0.15) is 0 Å². The number of likely N-dealkylation sites (N-methyl/N-ethyl adjacent to an activating group) is 2. The Hall–Kier alpha value is -1.13. The second kappa shape index (κ2) is 6.37. The van der Waals surface area contributed by atoms with Crippen LogP contribution >= 0.6 is 11.3 Å². The van der Waals surface area contributed by atoms with E-state index in [4.69, 9.17) is 0 Å². The molecule has 0 bridgehead atoms. The van der Waals surface area contributed by atoms with Gasteiger partial charge in [-0.25, -0.2) is 0 Å². The Morgan fingerprint density at radius 3 is 3.07 bits per heavy atom. The van der Waals surface area contributed by atoms with Crippen molar-refractivity contribution in [1.82, 2.24) is 10.2 Å². The molecule has 0 fully saturated rings. The van der Waals surface area contributed by atoms with Crippen molar-refractivity contribution < 1.29 is 4.79 Å². The first-order valence-electron chi connectivity index (χ1n) is 4.85. The van der Waals surface area contributed by atoms with Gasteiger partial charge in [0.15, 0.2) is 0 Å². The van der Waals surface area contributed by atoms with E-state index in [1.807, 2.05) is 30.6 Å². The molecule has 1 N–H and O–H groups in total. The molecule has 0 aliphatic carbocycles. The maximum Gasteiger partial charge on any atom is 0.246 e. The van der Waals surface area contributed by atoms with Gasteiger partial charge in [0.05, 0.1) is 0 Å². The molecule has 1 heterocycles. The average molecular weight is 224 g/mol. The predicted molar refractivity (Wildman–Crippen MR) is 64.9 cm³/mol. The SMILES string of the molecule is CNCCN(C)C(=O)C=Cc1cccs1. The zero-order chi connectivity index (χ0) is 11.1. The molecule has 15 heavy (non-hydrogen) atoms. The molecule has 0 saturated heterocycles. The van der Waals surface area contributed by atoms with Gasteiger partial charge in [-0.05, 0) is 24.6 Å². The van der Waals surface area contributed by atoms with Gasteiger partial charge < -0.3 is 10.2 Å². The van der Waals surface area contributed by atoms with Crippen molar-refractivity contribution in [3.8, 4) is 0 Å². The summed E-state index contributed by atoms with van der Waals surface area (Å²) in [6.07, 6.45) is 3.46. The minimum Gasteiger partial charge on any atom is -0.341 e. The van der Waals surface area contributed by atoms with Gasteiger partial charge in [-0.3, -0.25) is 4.79 Å². The summed E-state index contributed by atoms with van der Waals surface area (Å²) in [5.41, 5.74) is 0. The lowest BCUT2D eigenvalue weighted by molar-refractivity contribution is -0.124. The molecule has 0 saturated carbocycles. The zero-order valence-corrected chi connectivity index (χ0v) is 9.88. The molecule has 0 aliphatic heterocycles. The molecule has 0 spiro atoms. The first kappa shape index (κ1) is 11.9. The number of hydrogen-bond donors (Lipinski definition) is 1. The average Bonchev–Trinajstić information content (AvgIpc) is 2.75. The minimum absolute atomic E-state index is 0.0404. The van der Waals surface area contributed by atoms with Crippen LogP contribution in [-0.2, 0) is 4.79 Å². The third kappa shape index (κ3) is 4.27. The lowest BCUT2D eigenvalue weighted by Crippen LogP contribution is -2.31. The summed E-state index contributed by atoms with van der Waals surface area (Å²) in [5, 5.41) is 5.00. The van der Waals surface area contributed by atoms with Crippen LogP contribution in [0.25, 0.3) is 6.08 Å². The number of thiophene rings is 1. The van der Waals surface area contributed by atoms with E-state index < -0.39 is 0 Å². The van der Waals surface area contributed by atoms with Crippen LogP contribution in [0.1, 0.15) is 4.88 Å². The van der Waals surface area contributed by atoms with Crippen molar-refractivity contribution in [2.45, 2.75) is 0 Å². The zero-order valence-electron chi connectivity index (χ0n) is 9.06. The summed E-state index contributed by atoms with van der Waals surface area (Å²) in [5.74, 6) is 0.0404. The third-order valence-electron chi connectivity index (χ3n) is 2.01. The van der Waals surface area contributed by atoms with E-state index in [0.29, 0.717) is 0 Å². The Morgan fingerprint density at radius 2 is 2.47 bits per heavy atom. The van der Waals surface area contributed by atoms with Gasteiger partial charge in [0.2, 0.25) is 5.91 Å². The topological polar surface area (TPSA) is 32.3 Å². The molecule has 3 nitrogen and oxygen atoms in total. The quantitative estimate of drug-likeness (QED) is 0.768. The first-order chi connectivity index (χ1) is 7.24. The van der Waals surface area contributed by atoms with Crippen LogP contribution in [0, 0.1) is 0 Å². The van der Waals surface area contributed by atoms with Crippen molar-refractivity contribution in [3.05, 3.63) is 28.5 Å². The number of amides is 1.